The SMILES string of the molecule is FC(F)(F)Oc1cccc(-c2cncc(C(F)(F)F)c2-c2cccc(OC(F)(F)F)c2)c1. The minimum Gasteiger partial charge on any atom is -0.406 e. The van der Waals surface area contributed by atoms with Crippen LogP contribution in [0.4, 0.5) is 39.5 Å². The van der Waals surface area contributed by atoms with Crippen LogP contribution in [0.2, 0.25) is 0 Å². The van der Waals surface area contributed by atoms with E-state index in [1.165, 1.54) is 6.07 Å². The molecule has 0 radical (unpaired) electrons. The first-order valence-electron chi connectivity index (χ1n) is 8.50. The van der Waals surface area contributed by atoms with E-state index >= 15 is 0 Å². The summed E-state index contributed by atoms with van der Waals surface area (Å²) in [5, 5.41) is 0. The number of pyridine rings is 1. The fourth-order valence-corrected chi connectivity index (χ4v) is 2.91. The molecule has 0 amide bonds. The van der Waals surface area contributed by atoms with Crippen LogP contribution in [0.15, 0.2) is 60.9 Å². The lowest BCUT2D eigenvalue weighted by molar-refractivity contribution is -0.275. The first-order valence-corrected chi connectivity index (χ1v) is 8.50. The molecule has 3 nitrogen and oxygen atoms in total. The predicted molar refractivity (Wildman–Crippen MR) is 93.5 cm³/mol. The quantitative estimate of drug-likeness (QED) is 0.380. The van der Waals surface area contributed by atoms with E-state index in [1.807, 2.05) is 0 Å². The highest BCUT2D eigenvalue weighted by molar-refractivity contribution is 5.86. The van der Waals surface area contributed by atoms with Gasteiger partial charge in [0, 0.05) is 23.5 Å². The number of hydrogen-bond donors (Lipinski definition) is 0. The summed E-state index contributed by atoms with van der Waals surface area (Å²) in [6.07, 6.45) is -13.7. The number of aromatic nitrogens is 1. The number of ether oxygens (including phenoxy) is 2. The molecule has 32 heavy (non-hydrogen) atoms. The maximum atomic E-state index is 13.7. The van der Waals surface area contributed by atoms with Crippen molar-refractivity contribution in [1.29, 1.82) is 0 Å². The van der Waals surface area contributed by atoms with Crippen molar-refractivity contribution in [3.8, 4) is 33.8 Å². The minimum atomic E-state index is -5.09. The molecule has 3 rings (SSSR count). The molecule has 0 aliphatic carbocycles. The summed E-state index contributed by atoms with van der Waals surface area (Å²) in [5.41, 5.74) is -2.64. The second-order valence-corrected chi connectivity index (χ2v) is 6.26. The summed E-state index contributed by atoms with van der Waals surface area (Å²) in [4.78, 5) is 3.51. The molecule has 0 unspecified atom stereocenters. The average molecular weight is 467 g/mol. The number of rotatable bonds is 4. The van der Waals surface area contributed by atoms with E-state index < -0.39 is 41.5 Å². The molecule has 170 valence electrons. The first-order chi connectivity index (χ1) is 14.7. The lowest BCUT2D eigenvalue weighted by Gasteiger charge is -2.18. The summed E-state index contributed by atoms with van der Waals surface area (Å²) < 4.78 is 124. The highest BCUT2D eigenvalue weighted by Gasteiger charge is 2.36. The summed E-state index contributed by atoms with van der Waals surface area (Å²) in [5.74, 6) is -1.48. The fourth-order valence-electron chi connectivity index (χ4n) is 2.91. The Kier molecular flexibility index (Phi) is 5.98. The van der Waals surface area contributed by atoms with Gasteiger partial charge in [0.2, 0.25) is 0 Å². The van der Waals surface area contributed by atoms with Gasteiger partial charge in [0.15, 0.2) is 0 Å². The van der Waals surface area contributed by atoms with Crippen LogP contribution >= 0.6 is 0 Å². The molecule has 0 spiro atoms. The monoisotopic (exact) mass is 467 g/mol. The van der Waals surface area contributed by atoms with Gasteiger partial charge in [0.25, 0.3) is 0 Å². The van der Waals surface area contributed by atoms with Crippen molar-refractivity contribution < 1.29 is 49.0 Å². The molecular weight excluding hydrogens is 457 g/mol. The Bertz CT molecular complexity index is 1110. The molecule has 3 aromatic rings. The number of nitrogens with zero attached hydrogens (tertiary/aromatic N) is 1. The first kappa shape index (κ1) is 23.2. The number of alkyl halides is 9. The Hall–Kier alpha value is -3.44. The molecule has 0 aliphatic rings. The summed E-state index contributed by atoms with van der Waals surface area (Å²) >= 11 is 0. The summed E-state index contributed by atoms with van der Waals surface area (Å²) in [6.45, 7) is 0. The van der Waals surface area contributed by atoms with Gasteiger partial charge in [0.1, 0.15) is 11.5 Å². The molecule has 0 saturated heterocycles. The molecule has 0 aliphatic heterocycles. The van der Waals surface area contributed by atoms with Crippen LogP contribution in [-0.2, 0) is 6.18 Å². The number of benzene rings is 2. The van der Waals surface area contributed by atoms with Crippen molar-refractivity contribution in [2.24, 2.45) is 0 Å². The van der Waals surface area contributed by atoms with Gasteiger partial charge in [-0.2, -0.15) is 13.2 Å². The average Bonchev–Trinajstić information content (AvgIpc) is 2.64. The van der Waals surface area contributed by atoms with E-state index in [1.54, 1.807) is 0 Å². The third-order valence-electron chi connectivity index (χ3n) is 3.99. The van der Waals surface area contributed by atoms with Crippen LogP contribution in [0.25, 0.3) is 22.3 Å². The van der Waals surface area contributed by atoms with Crippen LogP contribution < -0.4 is 9.47 Å². The second-order valence-electron chi connectivity index (χ2n) is 6.26. The van der Waals surface area contributed by atoms with Crippen molar-refractivity contribution in [1.82, 2.24) is 4.98 Å². The van der Waals surface area contributed by atoms with Crippen LogP contribution in [-0.4, -0.2) is 17.7 Å². The Balaban J connectivity index is 2.21. The molecule has 0 bridgehead atoms. The zero-order chi connectivity index (χ0) is 23.7. The van der Waals surface area contributed by atoms with Crippen LogP contribution in [0.3, 0.4) is 0 Å². The van der Waals surface area contributed by atoms with Gasteiger partial charge in [-0.25, -0.2) is 0 Å². The molecular formula is C20H10F9NO2. The van der Waals surface area contributed by atoms with Crippen molar-refractivity contribution in [3.05, 3.63) is 66.5 Å². The van der Waals surface area contributed by atoms with E-state index in [0.717, 1.165) is 48.7 Å². The standard InChI is InChI=1S/C20H10F9NO2/c21-18(22,23)16-10-30-9-15(11-3-1-5-13(7-11)31-19(24,25)26)17(16)12-4-2-6-14(8-12)32-20(27,28)29/h1-10H. The molecule has 1 aromatic heterocycles. The zero-order valence-electron chi connectivity index (χ0n) is 15.4. The van der Waals surface area contributed by atoms with Crippen LogP contribution in [0.1, 0.15) is 5.56 Å². The molecule has 0 fully saturated rings. The van der Waals surface area contributed by atoms with Crippen LogP contribution in [0, 0.1) is 0 Å². The van der Waals surface area contributed by atoms with Gasteiger partial charge in [-0.1, -0.05) is 24.3 Å². The normalized spacial score (nSPS) is 12.5. The Labute approximate surface area is 174 Å². The molecule has 2 aromatic carbocycles. The lowest BCUT2D eigenvalue weighted by Crippen LogP contribution is -2.17. The Morgan fingerprint density at radius 1 is 0.625 bits per heavy atom. The van der Waals surface area contributed by atoms with Crippen molar-refractivity contribution in [2.45, 2.75) is 18.9 Å². The molecule has 1 heterocycles. The largest absolute Gasteiger partial charge is 0.573 e. The third kappa shape index (κ3) is 5.83. The third-order valence-corrected chi connectivity index (χ3v) is 3.99. The minimum absolute atomic E-state index is 0.137. The molecule has 0 saturated carbocycles. The highest BCUT2D eigenvalue weighted by atomic mass is 19.4. The topological polar surface area (TPSA) is 31.4 Å². The summed E-state index contributed by atoms with van der Waals surface area (Å²) in [7, 11) is 0. The molecule has 0 N–H and O–H groups in total. The Morgan fingerprint density at radius 2 is 1.12 bits per heavy atom. The number of halogens is 9. The van der Waals surface area contributed by atoms with E-state index in [9.17, 15) is 39.5 Å². The lowest BCUT2D eigenvalue weighted by atomic mass is 9.92. The highest BCUT2D eigenvalue weighted by Crippen LogP contribution is 2.43. The van der Waals surface area contributed by atoms with Gasteiger partial charge in [-0.15, -0.1) is 26.3 Å². The van der Waals surface area contributed by atoms with Gasteiger partial charge < -0.3 is 9.47 Å². The van der Waals surface area contributed by atoms with Gasteiger partial charge in [-0.05, 0) is 35.4 Å². The fraction of sp³-hybridized carbons (Fsp3) is 0.150. The number of hydrogen-bond acceptors (Lipinski definition) is 3. The maximum Gasteiger partial charge on any atom is 0.573 e. The van der Waals surface area contributed by atoms with E-state index in [4.69, 9.17) is 0 Å². The van der Waals surface area contributed by atoms with Crippen molar-refractivity contribution >= 4 is 0 Å². The van der Waals surface area contributed by atoms with Crippen LogP contribution in [0.5, 0.6) is 11.5 Å². The zero-order valence-corrected chi connectivity index (χ0v) is 15.4. The Morgan fingerprint density at radius 3 is 1.62 bits per heavy atom. The van der Waals surface area contributed by atoms with Gasteiger partial charge >= 0.3 is 18.9 Å². The van der Waals surface area contributed by atoms with E-state index in [0.29, 0.717) is 6.20 Å². The van der Waals surface area contributed by atoms with Gasteiger partial charge in [0.05, 0.1) is 5.56 Å². The van der Waals surface area contributed by atoms with E-state index in [-0.39, 0.29) is 16.7 Å². The smallest absolute Gasteiger partial charge is 0.406 e. The molecule has 0 atom stereocenters. The second kappa shape index (κ2) is 8.24. The maximum absolute atomic E-state index is 13.7. The predicted octanol–water partition coefficient (Wildman–Crippen LogP) is 7.23. The van der Waals surface area contributed by atoms with Gasteiger partial charge in [-0.3, -0.25) is 4.98 Å². The van der Waals surface area contributed by atoms with E-state index in [2.05, 4.69) is 14.5 Å². The molecule has 12 heteroatoms. The summed E-state index contributed by atoms with van der Waals surface area (Å²) in [6, 6.07) is 7.88. The van der Waals surface area contributed by atoms with Crippen molar-refractivity contribution in [3.63, 3.8) is 0 Å². The van der Waals surface area contributed by atoms with Crippen molar-refractivity contribution in [2.75, 3.05) is 0 Å².